The van der Waals surface area contributed by atoms with Crippen LogP contribution in [0.5, 0.6) is 0 Å². The lowest BCUT2D eigenvalue weighted by Gasteiger charge is -2.29. The third-order valence-corrected chi connectivity index (χ3v) is 6.25. The monoisotopic (exact) mass is 456 g/mol. The van der Waals surface area contributed by atoms with Gasteiger partial charge in [0.2, 0.25) is 11.0 Å². The Balaban J connectivity index is 1.58. The fourth-order valence-electron chi connectivity index (χ4n) is 3.89. The molecule has 170 valence electrons. The van der Waals surface area contributed by atoms with Gasteiger partial charge in [0.05, 0.1) is 5.52 Å². The summed E-state index contributed by atoms with van der Waals surface area (Å²) >= 11 is 1.22. The van der Waals surface area contributed by atoms with E-state index in [0.29, 0.717) is 16.7 Å². The second-order valence-electron chi connectivity index (χ2n) is 9.11. The van der Waals surface area contributed by atoms with Gasteiger partial charge in [-0.2, -0.15) is 5.10 Å². The van der Waals surface area contributed by atoms with Gasteiger partial charge in [0.25, 0.3) is 5.91 Å². The Kier molecular flexibility index (Phi) is 6.52. The van der Waals surface area contributed by atoms with Crippen molar-refractivity contribution in [3.63, 3.8) is 0 Å². The largest absolute Gasteiger partial charge is 0.381 e. The maximum absolute atomic E-state index is 13.3. The Labute approximate surface area is 190 Å². The third kappa shape index (κ3) is 4.97. The van der Waals surface area contributed by atoms with E-state index < -0.39 is 11.5 Å². The quantitative estimate of drug-likeness (QED) is 0.590. The van der Waals surface area contributed by atoms with E-state index in [2.05, 4.69) is 25.9 Å². The number of hydrogen-bond acceptors (Lipinski definition) is 7. The van der Waals surface area contributed by atoms with Gasteiger partial charge in [-0.1, -0.05) is 50.3 Å². The number of benzene rings is 1. The minimum absolute atomic E-state index is 0.325. The summed E-state index contributed by atoms with van der Waals surface area (Å²) in [6, 6.07) is 6.92. The zero-order chi connectivity index (χ0) is 22.7. The fraction of sp³-hybridized carbons (Fsp3) is 0.500. The number of rotatable bonds is 6. The molecule has 1 aliphatic rings. The van der Waals surface area contributed by atoms with Crippen molar-refractivity contribution in [2.45, 2.75) is 46.2 Å². The van der Waals surface area contributed by atoms with Crippen molar-refractivity contribution in [2.75, 3.05) is 18.5 Å². The lowest BCUT2D eigenvalue weighted by molar-refractivity contribution is -0.120. The molecule has 3 aromatic rings. The van der Waals surface area contributed by atoms with Crippen molar-refractivity contribution >= 4 is 39.2 Å². The highest BCUT2D eigenvalue weighted by molar-refractivity contribution is 7.13. The van der Waals surface area contributed by atoms with Crippen molar-refractivity contribution in [2.24, 2.45) is 11.3 Å². The Morgan fingerprint density at radius 2 is 2.00 bits per heavy atom. The lowest BCUT2D eigenvalue weighted by Crippen LogP contribution is -2.51. The second kappa shape index (κ2) is 9.33. The number of aromatic nitrogens is 4. The Morgan fingerprint density at radius 1 is 1.25 bits per heavy atom. The highest BCUT2D eigenvalue weighted by Gasteiger charge is 2.34. The van der Waals surface area contributed by atoms with Crippen LogP contribution >= 0.6 is 11.3 Å². The van der Waals surface area contributed by atoms with Crippen LogP contribution in [0.25, 0.3) is 10.9 Å². The molecule has 10 heteroatoms. The molecule has 1 fully saturated rings. The van der Waals surface area contributed by atoms with Crippen molar-refractivity contribution < 1.29 is 14.3 Å². The molecule has 2 amide bonds. The molecule has 1 aliphatic heterocycles. The van der Waals surface area contributed by atoms with Crippen LogP contribution in [0.2, 0.25) is 0 Å². The molecule has 0 aliphatic carbocycles. The number of nitrogens with one attached hydrogen (secondary N) is 2. The molecule has 0 saturated carbocycles. The van der Waals surface area contributed by atoms with Crippen molar-refractivity contribution in [1.82, 2.24) is 25.3 Å². The first kappa shape index (κ1) is 22.3. The molecule has 0 radical (unpaired) electrons. The zero-order valence-electron chi connectivity index (χ0n) is 18.5. The fourth-order valence-corrected chi connectivity index (χ4v) is 4.34. The minimum Gasteiger partial charge on any atom is -0.381 e. The highest BCUT2D eigenvalue weighted by atomic mass is 32.1. The first-order valence-electron chi connectivity index (χ1n) is 10.7. The van der Waals surface area contributed by atoms with Crippen molar-refractivity contribution in [3.8, 4) is 0 Å². The van der Waals surface area contributed by atoms with Crippen LogP contribution in [0.15, 0.2) is 29.8 Å². The smallest absolute Gasteiger partial charge is 0.273 e. The normalized spacial score (nSPS) is 16.1. The van der Waals surface area contributed by atoms with Crippen molar-refractivity contribution in [1.29, 1.82) is 0 Å². The molecule has 2 aromatic heterocycles. The third-order valence-electron chi connectivity index (χ3n) is 5.64. The van der Waals surface area contributed by atoms with Gasteiger partial charge in [-0.3, -0.25) is 19.6 Å². The molecule has 1 atom stereocenters. The average Bonchev–Trinajstić information content (AvgIpc) is 3.40. The van der Waals surface area contributed by atoms with E-state index >= 15 is 0 Å². The molecule has 0 bridgehead atoms. The molecule has 0 unspecified atom stereocenters. The molecule has 32 heavy (non-hydrogen) atoms. The van der Waals surface area contributed by atoms with Crippen LogP contribution in [0, 0.1) is 11.3 Å². The number of fused-ring (bicyclic) bond motifs is 1. The molecule has 1 saturated heterocycles. The topological polar surface area (TPSA) is 111 Å². The first-order valence-corrected chi connectivity index (χ1v) is 11.6. The number of amides is 2. The number of para-hydroxylation sites is 1. The Bertz CT molecular complexity index is 1080. The van der Waals surface area contributed by atoms with Crippen LogP contribution < -0.4 is 10.6 Å². The molecular weight excluding hydrogens is 428 g/mol. The second-order valence-corrected chi connectivity index (χ2v) is 9.94. The number of carbonyl (C=O) groups excluding carboxylic acids is 2. The summed E-state index contributed by atoms with van der Waals surface area (Å²) in [7, 11) is 0. The van der Waals surface area contributed by atoms with Crippen molar-refractivity contribution in [3.05, 3.63) is 35.5 Å². The standard InChI is InChI=1S/C22H28N6O3S/c1-22(2,3)18(20(30)25-21-26-23-13-32-21)24-19(29)17-15-6-4-5-7-16(15)28(27-17)12-14-8-10-31-11-9-14/h4-7,13-14,18H,8-12H2,1-3H3,(H,24,29)(H,25,26,30)/t18-/m1/s1. The average molecular weight is 457 g/mol. The zero-order valence-corrected chi connectivity index (χ0v) is 19.3. The first-order chi connectivity index (χ1) is 15.3. The van der Waals surface area contributed by atoms with E-state index in [1.54, 1.807) is 0 Å². The van der Waals surface area contributed by atoms with E-state index in [1.807, 2.05) is 49.7 Å². The van der Waals surface area contributed by atoms with Gasteiger partial charge < -0.3 is 10.1 Å². The van der Waals surface area contributed by atoms with Gasteiger partial charge in [-0.15, -0.1) is 10.2 Å². The summed E-state index contributed by atoms with van der Waals surface area (Å²) in [5, 5.41) is 19.1. The van der Waals surface area contributed by atoms with Crippen LogP contribution in [-0.2, 0) is 16.1 Å². The van der Waals surface area contributed by atoms with Crippen LogP contribution in [0.3, 0.4) is 0 Å². The van der Waals surface area contributed by atoms with Gasteiger partial charge in [-0.25, -0.2) is 0 Å². The molecule has 3 heterocycles. The molecule has 0 spiro atoms. The summed E-state index contributed by atoms with van der Waals surface area (Å²) in [4.78, 5) is 26.2. The SMILES string of the molecule is CC(C)(C)[C@H](NC(=O)c1nn(CC2CCOCC2)c2ccccc12)C(=O)Nc1nncs1. The predicted octanol–water partition coefficient (Wildman–Crippen LogP) is 3.10. The number of ether oxygens (including phenoxy) is 1. The Hall–Kier alpha value is -2.85. The van der Waals surface area contributed by atoms with Gasteiger partial charge in [0.1, 0.15) is 11.6 Å². The van der Waals surface area contributed by atoms with Crippen LogP contribution in [0.4, 0.5) is 5.13 Å². The predicted molar refractivity (Wildman–Crippen MR) is 123 cm³/mol. The van der Waals surface area contributed by atoms with E-state index in [9.17, 15) is 9.59 Å². The molecule has 2 N–H and O–H groups in total. The van der Waals surface area contributed by atoms with Crippen LogP contribution in [0.1, 0.15) is 44.1 Å². The maximum atomic E-state index is 13.3. The summed E-state index contributed by atoms with van der Waals surface area (Å²) in [6.45, 7) is 7.96. The maximum Gasteiger partial charge on any atom is 0.273 e. The van der Waals surface area contributed by atoms with Crippen LogP contribution in [-0.4, -0.2) is 51.0 Å². The van der Waals surface area contributed by atoms with Gasteiger partial charge >= 0.3 is 0 Å². The number of hydrogen-bond donors (Lipinski definition) is 2. The highest BCUT2D eigenvalue weighted by Crippen LogP contribution is 2.25. The lowest BCUT2D eigenvalue weighted by atomic mass is 9.86. The summed E-state index contributed by atoms with van der Waals surface area (Å²) in [6.07, 6.45) is 1.96. The van der Waals surface area contributed by atoms with Gasteiger partial charge in [0, 0.05) is 25.1 Å². The van der Waals surface area contributed by atoms with E-state index in [0.717, 1.165) is 43.5 Å². The van der Waals surface area contributed by atoms with Gasteiger partial charge in [-0.05, 0) is 30.2 Å². The van der Waals surface area contributed by atoms with E-state index in [-0.39, 0.29) is 11.8 Å². The minimum atomic E-state index is -0.779. The van der Waals surface area contributed by atoms with E-state index in [1.165, 1.54) is 16.8 Å². The molecular formula is C22H28N6O3S. The molecule has 1 aromatic carbocycles. The summed E-state index contributed by atoms with van der Waals surface area (Å²) < 4.78 is 7.37. The molecule has 4 rings (SSSR count). The number of nitrogens with zero attached hydrogens (tertiary/aromatic N) is 4. The van der Waals surface area contributed by atoms with E-state index in [4.69, 9.17) is 4.74 Å². The summed E-state index contributed by atoms with van der Waals surface area (Å²) in [5.41, 5.74) is 2.25. The number of carbonyl (C=O) groups is 2. The molecule has 9 nitrogen and oxygen atoms in total. The summed E-state index contributed by atoms with van der Waals surface area (Å²) in [5.74, 6) is -0.254. The van der Waals surface area contributed by atoms with Gasteiger partial charge in [0.15, 0.2) is 5.69 Å². The number of anilines is 1. The Morgan fingerprint density at radius 3 is 2.69 bits per heavy atom.